The lowest BCUT2D eigenvalue weighted by molar-refractivity contribution is -0.0855. The summed E-state index contributed by atoms with van der Waals surface area (Å²) in [6, 6.07) is 1.32. The van der Waals surface area contributed by atoms with Crippen LogP contribution >= 0.6 is 0 Å². The van der Waals surface area contributed by atoms with Crippen molar-refractivity contribution in [2.75, 3.05) is 39.5 Å². The summed E-state index contributed by atoms with van der Waals surface area (Å²) >= 11 is 0. The Labute approximate surface area is 123 Å². The zero-order valence-corrected chi connectivity index (χ0v) is 13.1. The van der Waals surface area contributed by atoms with Crippen LogP contribution in [0.25, 0.3) is 0 Å². The summed E-state index contributed by atoms with van der Waals surface area (Å²) in [4.78, 5) is 2.62. The molecule has 116 valence electrons. The fourth-order valence-corrected chi connectivity index (χ4v) is 3.50. The quantitative estimate of drug-likeness (QED) is 0.831. The Morgan fingerprint density at radius 2 is 2.15 bits per heavy atom. The summed E-state index contributed by atoms with van der Waals surface area (Å²) in [5.74, 6) is 0. The molecular weight excluding hydrogens is 252 g/mol. The lowest BCUT2D eigenvalue weighted by Crippen LogP contribution is -2.55. The summed E-state index contributed by atoms with van der Waals surface area (Å²) in [6.45, 7) is 10.5. The lowest BCUT2D eigenvalue weighted by Gasteiger charge is -2.45. The van der Waals surface area contributed by atoms with E-state index in [1.807, 2.05) is 0 Å². The molecule has 0 spiro atoms. The van der Waals surface area contributed by atoms with E-state index in [1.54, 1.807) is 0 Å². The number of nitrogens with one attached hydrogen (secondary N) is 1. The summed E-state index contributed by atoms with van der Waals surface area (Å²) in [5.41, 5.74) is 0.312. The summed E-state index contributed by atoms with van der Waals surface area (Å²) in [6.07, 6.45) is 5.60. The Morgan fingerprint density at radius 3 is 2.85 bits per heavy atom. The van der Waals surface area contributed by atoms with Gasteiger partial charge in [0.2, 0.25) is 0 Å². The highest BCUT2D eigenvalue weighted by atomic mass is 16.5. The highest BCUT2D eigenvalue weighted by Gasteiger charge is 2.38. The fraction of sp³-hybridized carbons (Fsp3) is 1.00. The molecule has 1 saturated carbocycles. The molecule has 4 heteroatoms. The Hall–Kier alpha value is -0.160. The van der Waals surface area contributed by atoms with Crippen molar-refractivity contribution < 1.29 is 9.47 Å². The van der Waals surface area contributed by atoms with E-state index < -0.39 is 0 Å². The molecule has 3 aliphatic rings. The van der Waals surface area contributed by atoms with Gasteiger partial charge in [0.1, 0.15) is 0 Å². The maximum Gasteiger partial charge on any atom is 0.0674 e. The Kier molecular flexibility index (Phi) is 4.65. The van der Waals surface area contributed by atoms with Gasteiger partial charge in [-0.25, -0.2) is 0 Å². The zero-order valence-electron chi connectivity index (χ0n) is 13.1. The van der Waals surface area contributed by atoms with Crippen LogP contribution in [-0.4, -0.2) is 62.5 Å². The van der Waals surface area contributed by atoms with E-state index in [0.717, 1.165) is 45.5 Å². The molecule has 2 heterocycles. The zero-order chi connectivity index (χ0) is 14.0. The topological polar surface area (TPSA) is 33.7 Å². The van der Waals surface area contributed by atoms with Crippen LogP contribution in [0, 0.1) is 5.41 Å². The molecule has 1 aliphatic carbocycles. The molecule has 2 aliphatic heterocycles. The molecule has 0 radical (unpaired) electrons. The first-order chi connectivity index (χ1) is 9.67. The predicted octanol–water partition coefficient (Wildman–Crippen LogP) is 1.64. The molecule has 3 unspecified atom stereocenters. The molecule has 3 fully saturated rings. The van der Waals surface area contributed by atoms with Gasteiger partial charge in [-0.05, 0) is 39.5 Å². The van der Waals surface area contributed by atoms with Gasteiger partial charge in [0, 0.05) is 43.7 Å². The summed E-state index contributed by atoms with van der Waals surface area (Å²) in [7, 11) is 0. The van der Waals surface area contributed by atoms with Crippen molar-refractivity contribution in [3.8, 4) is 0 Å². The van der Waals surface area contributed by atoms with Gasteiger partial charge in [0.15, 0.2) is 0 Å². The largest absolute Gasteiger partial charge is 0.381 e. The number of morpholine rings is 1. The van der Waals surface area contributed by atoms with Crippen LogP contribution in [0.3, 0.4) is 0 Å². The molecule has 0 aromatic carbocycles. The monoisotopic (exact) mass is 282 g/mol. The van der Waals surface area contributed by atoms with E-state index in [0.29, 0.717) is 17.6 Å². The van der Waals surface area contributed by atoms with Crippen LogP contribution in [0.5, 0.6) is 0 Å². The average Bonchev–Trinajstić information content (AvgIpc) is 3.26. The second kappa shape index (κ2) is 6.30. The lowest BCUT2D eigenvalue weighted by atomic mass is 9.81. The maximum atomic E-state index is 5.84. The smallest absolute Gasteiger partial charge is 0.0674 e. The van der Waals surface area contributed by atoms with Crippen LogP contribution < -0.4 is 5.32 Å². The second-order valence-corrected chi connectivity index (χ2v) is 7.23. The van der Waals surface area contributed by atoms with Crippen molar-refractivity contribution >= 4 is 0 Å². The Bertz CT molecular complexity index is 314. The fourth-order valence-electron chi connectivity index (χ4n) is 3.50. The van der Waals surface area contributed by atoms with Gasteiger partial charge in [-0.15, -0.1) is 0 Å². The minimum absolute atomic E-state index is 0.312. The van der Waals surface area contributed by atoms with Crippen LogP contribution in [0.1, 0.15) is 39.5 Å². The number of rotatable bonds is 5. The third-order valence-electron chi connectivity index (χ3n) is 5.02. The molecular formula is C16H30N2O2. The first kappa shape index (κ1) is 14.8. The number of ether oxygens (including phenoxy) is 2. The number of hydrogen-bond donors (Lipinski definition) is 1. The molecule has 0 aromatic heterocycles. The van der Waals surface area contributed by atoms with Gasteiger partial charge in [-0.3, -0.25) is 4.90 Å². The van der Waals surface area contributed by atoms with E-state index in [1.165, 1.54) is 25.7 Å². The van der Waals surface area contributed by atoms with Crippen LogP contribution in [0.2, 0.25) is 0 Å². The van der Waals surface area contributed by atoms with E-state index in [-0.39, 0.29) is 0 Å². The minimum atomic E-state index is 0.312. The highest BCUT2D eigenvalue weighted by molar-refractivity contribution is 4.92. The van der Waals surface area contributed by atoms with Gasteiger partial charge in [-0.1, -0.05) is 0 Å². The van der Waals surface area contributed by atoms with Gasteiger partial charge in [-0.2, -0.15) is 0 Å². The first-order valence-corrected chi connectivity index (χ1v) is 8.34. The Balaban J connectivity index is 1.61. The standard InChI is InChI=1S/C16H30N2O2/c1-13-9-20-14(2)8-18(13)11-16(6-3-7-19-12-16)10-17-15-4-5-15/h13-15,17H,3-12H2,1-2H3. The second-order valence-electron chi connectivity index (χ2n) is 7.23. The first-order valence-electron chi connectivity index (χ1n) is 8.34. The molecule has 0 aromatic rings. The van der Waals surface area contributed by atoms with Gasteiger partial charge in [0.05, 0.1) is 19.3 Å². The van der Waals surface area contributed by atoms with Gasteiger partial charge in [0.25, 0.3) is 0 Å². The number of nitrogens with zero attached hydrogens (tertiary/aromatic N) is 1. The Morgan fingerprint density at radius 1 is 1.30 bits per heavy atom. The van der Waals surface area contributed by atoms with E-state index in [2.05, 4.69) is 24.1 Å². The number of hydrogen-bond acceptors (Lipinski definition) is 4. The predicted molar refractivity (Wildman–Crippen MR) is 80.0 cm³/mol. The van der Waals surface area contributed by atoms with Crippen LogP contribution in [-0.2, 0) is 9.47 Å². The normalized spacial score (nSPS) is 39.9. The molecule has 4 nitrogen and oxygen atoms in total. The van der Waals surface area contributed by atoms with Crippen molar-refractivity contribution in [3.63, 3.8) is 0 Å². The van der Waals surface area contributed by atoms with Gasteiger partial charge >= 0.3 is 0 Å². The molecule has 0 bridgehead atoms. The third-order valence-corrected chi connectivity index (χ3v) is 5.02. The average molecular weight is 282 g/mol. The molecule has 1 N–H and O–H groups in total. The molecule has 0 amide bonds. The van der Waals surface area contributed by atoms with Crippen molar-refractivity contribution in [1.29, 1.82) is 0 Å². The minimum Gasteiger partial charge on any atom is -0.381 e. The molecule has 3 atom stereocenters. The van der Waals surface area contributed by atoms with Crippen molar-refractivity contribution in [1.82, 2.24) is 10.2 Å². The SMILES string of the molecule is CC1CN(CC2(CNC3CC3)CCCOC2)C(C)CO1. The van der Waals surface area contributed by atoms with Crippen molar-refractivity contribution in [3.05, 3.63) is 0 Å². The van der Waals surface area contributed by atoms with Crippen LogP contribution in [0.15, 0.2) is 0 Å². The van der Waals surface area contributed by atoms with E-state index in [9.17, 15) is 0 Å². The van der Waals surface area contributed by atoms with Crippen molar-refractivity contribution in [2.24, 2.45) is 5.41 Å². The molecule has 3 rings (SSSR count). The summed E-state index contributed by atoms with van der Waals surface area (Å²) in [5, 5.41) is 3.74. The molecule has 2 saturated heterocycles. The maximum absolute atomic E-state index is 5.84. The van der Waals surface area contributed by atoms with E-state index in [4.69, 9.17) is 9.47 Å². The van der Waals surface area contributed by atoms with Gasteiger partial charge < -0.3 is 14.8 Å². The van der Waals surface area contributed by atoms with Crippen LogP contribution in [0.4, 0.5) is 0 Å². The van der Waals surface area contributed by atoms with E-state index >= 15 is 0 Å². The molecule has 20 heavy (non-hydrogen) atoms. The third kappa shape index (κ3) is 3.73. The highest BCUT2D eigenvalue weighted by Crippen LogP contribution is 2.32. The van der Waals surface area contributed by atoms with Crippen molar-refractivity contribution in [2.45, 2.75) is 57.7 Å². The summed E-state index contributed by atoms with van der Waals surface area (Å²) < 4.78 is 11.6.